The van der Waals surface area contributed by atoms with E-state index in [9.17, 15) is 10.1 Å². The van der Waals surface area contributed by atoms with E-state index in [0.29, 0.717) is 30.9 Å². The maximum atomic E-state index is 12.6. The van der Waals surface area contributed by atoms with Gasteiger partial charge in [0.2, 0.25) is 0 Å². The molecule has 160 valence electrons. The molecular weight excluding hydrogens is 402 g/mol. The number of para-hydroxylation sites is 1. The van der Waals surface area contributed by atoms with Crippen LogP contribution in [0.25, 0.3) is 22.2 Å². The highest BCUT2D eigenvalue weighted by molar-refractivity contribution is 6.02. The molecule has 0 aliphatic carbocycles. The van der Waals surface area contributed by atoms with Crippen LogP contribution in [0.2, 0.25) is 0 Å². The Balaban J connectivity index is 1.74. The van der Waals surface area contributed by atoms with E-state index < -0.39 is 0 Å². The van der Waals surface area contributed by atoms with Crippen LogP contribution in [-0.2, 0) is 22.6 Å². The van der Waals surface area contributed by atoms with Gasteiger partial charge in [0, 0.05) is 13.7 Å². The second kappa shape index (κ2) is 9.46. The first-order chi connectivity index (χ1) is 15.7. The summed E-state index contributed by atoms with van der Waals surface area (Å²) in [6.45, 7) is 2.94. The van der Waals surface area contributed by atoms with Crippen molar-refractivity contribution < 1.29 is 14.3 Å². The minimum atomic E-state index is -0.369. The average molecular weight is 425 g/mol. The van der Waals surface area contributed by atoms with Gasteiger partial charge in [-0.1, -0.05) is 48.5 Å². The fourth-order valence-corrected chi connectivity index (χ4v) is 3.82. The second-order valence-electron chi connectivity index (χ2n) is 7.30. The molecule has 0 N–H and O–H groups in total. The highest BCUT2D eigenvalue weighted by atomic mass is 16.5. The number of ether oxygens (including phenoxy) is 2. The van der Waals surface area contributed by atoms with E-state index in [4.69, 9.17) is 9.47 Å². The lowest BCUT2D eigenvalue weighted by atomic mass is 9.99. The first-order valence-electron chi connectivity index (χ1n) is 10.4. The minimum Gasteiger partial charge on any atom is -0.462 e. The summed E-state index contributed by atoms with van der Waals surface area (Å²) in [4.78, 5) is 17.3. The van der Waals surface area contributed by atoms with Crippen LogP contribution in [0.5, 0.6) is 0 Å². The van der Waals surface area contributed by atoms with Crippen molar-refractivity contribution in [2.24, 2.45) is 0 Å². The Morgan fingerprint density at radius 1 is 1.06 bits per heavy atom. The van der Waals surface area contributed by atoms with E-state index in [1.807, 2.05) is 65.2 Å². The molecule has 1 aromatic heterocycles. The third kappa shape index (κ3) is 4.11. The molecule has 1 heterocycles. The second-order valence-corrected chi connectivity index (χ2v) is 7.30. The Kier molecular flexibility index (Phi) is 6.29. The number of hydrogen-bond donors (Lipinski definition) is 0. The first kappa shape index (κ1) is 21.3. The van der Waals surface area contributed by atoms with Crippen molar-refractivity contribution in [2.45, 2.75) is 20.1 Å². The van der Waals surface area contributed by atoms with Crippen LogP contribution in [0, 0.1) is 11.3 Å². The maximum absolute atomic E-state index is 12.6. The van der Waals surface area contributed by atoms with Gasteiger partial charge in [0.1, 0.15) is 12.4 Å². The largest absolute Gasteiger partial charge is 0.462 e. The molecule has 0 bridgehead atoms. The standard InChI is InChI=1S/C26H23N3O3/c1-3-32-26(30)22-9-6-10-23-25(22)29(24(28-23)17-31-2)16-18-11-13-19(14-12-18)21-8-5-4-7-20(21)15-27/h4-14H,3,16-17H2,1-2H3. The van der Waals surface area contributed by atoms with Crippen molar-refractivity contribution in [3.05, 3.63) is 89.2 Å². The number of nitriles is 1. The molecular formula is C26H23N3O3. The van der Waals surface area contributed by atoms with E-state index in [-0.39, 0.29) is 5.97 Å². The summed E-state index contributed by atoms with van der Waals surface area (Å²) in [6.07, 6.45) is 0. The Labute approximate surface area is 186 Å². The number of benzene rings is 3. The summed E-state index contributed by atoms with van der Waals surface area (Å²) in [6, 6.07) is 23.3. The maximum Gasteiger partial charge on any atom is 0.340 e. The molecule has 0 saturated carbocycles. The lowest BCUT2D eigenvalue weighted by Crippen LogP contribution is -2.11. The van der Waals surface area contributed by atoms with Crippen molar-refractivity contribution in [1.29, 1.82) is 5.26 Å². The highest BCUT2D eigenvalue weighted by Crippen LogP contribution is 2.26. The molecule has 0 unspecified atom stereocenters. The third-order valence-corrected chi connectivity index (χ3v) is 5.27. The number of imidazole rings is 1. The number of aromatic nitrogens is 2. The van der Waals surface area contributed by atoms with Crippen LogP contribution in [0.1, 0.15) is 34.2 Å². The van der Waals surface area contributed by atoms with Gasteiger partial charge in [-0.3, -0.25) is 0 Å². The van der Waals surface area contributed by atoms with Crippen molar-refractivity contribution in [2.75, 3.05) is 13.7 Å². The van der Waals surface area contributed by atoms with Crippen molar-refractivity contribution >= 4 is 17.0 Å². The van der Waals surface area contributed by atoms with Gasteiger partial charge in [-0.15, -0.1) is 0 Å². The van der Waals surface area contributed by atoms with Crippen molar-refractivity contribution in [3.63, 3.8) is 0 Å². The Morgan fingerprint density at radius 3 is 2.56 bits per heavy atom. The minimum absolute atomic E-state index is 0.305. The summed E-state index contributed by atoms with van der Waals surface area (Å²) in [5.41, 5.74) is 5.50. The van der Waals surface area contributed by atoms with Gasteiger partial charge in [0.25, 0.3) is 0 Å². The topological polar surface area (TPSA) is 77.1 Å². The number of rotatable bonds is 7. The monoisotopic (exact) mass is 425 g/mol. The third-order valence-electron chi connectivity index (χ3n) is 5.27. The van der Waals surface area contributed by atoms with Crippen LogP contribution in [0.15, 0.2) is 66.7 Å². The molecule has 0 amide bonds. The van der Waals surface area contributed by atoms with E-state index in [1.54, 1.807) is 20.1 Å². The zero-order valence-corrected chi connectivity index (χ0v) is 18.0. The number of esters is 1. The zero-order chi connectivity index (χ0) is 22.5. The van der Waals surface area contributed by atoms with Crippen molar-refractivity contribution in [1.82, 2.24) is 9.55 Å². The van der Waals surface area contributed by atoms with Crippen molar-refractivity contribution in [3.8, 4) is 17.2 Å². The van der Waals surface area contributed by atoms with Crippen LogP contribution < -0.4 is 0 Å². The van der Waals surface area contributed by atoms with Gasteiger partial charge in [-0.2, -0.15) is 5.26 Å². The summed E-state index contributed by atoms with van der Waals surface area (Å²) < 4.78 is 12.6. The molecule has 4 rings (SSSR count). The van der Waals surface area contributed by atoms with Crippen LogP contribution >= 0.6 is 0 Å². The zero-order valence-electron chi connectivity index (χ0n) is 18.0. The van der Waals surface area contributed by atoms with Crippen LogP contribution in [0.4, 0.5) is 0 Å². The molecule has 0 aliphatic heterocycles. The smallest absolute Gasteiger partial charge is 0.340 e. The Morgan fingerprint density at radius 2 is 1.84 bits per heavy atom. The lowest BCUT2D eigenvalue weighted by molar-refractivity contribution is 0.0528. The molecule has 0 radical (unpaired) electrons. The van der Waals surface area contributed by atoms with Gasteiger partial charge >= 0.3 is 5.97 Å². The van der Waals surface area contributed by atoms with E-state index >= 15 is 0 Å². The summed E-state index contributed by atoms with van der Waals surface area (Å²) in [7, 11) is 1.62. The quantitative estimate of drug-likeness (QED) is 0.392. The number of carbonyl (C=O) groups is 1. The fourth-order valence-electron chi connectivity index (χ4n) is 3.82. The number of carbonyl (C=O) groups excluding carboxylic acids is 1. The summed E-state index contributed by atoms with van der Waals surface area (Å²) in [5, 5.41) is 9.39. The predicted octanol–water partition coefficient (Wildman–Crippen LogP) is 4.95. The fraction of sp³-hybridized carbons (Fsp3) is 0.192. The molecule has 3 aromatic carbocycles. The predicted molar refractivity (Wildman–Crippen MR) is 122 cm³/mol. The normalized spacial score (nSPS) is 10.8. The number of hydrogen-bond acceptors (Lipinski definition) is 5. The van der Waals surface area contributed by atoms with Gasteiger partial charge in [-0.05, 0) is 41.8 Å². The summed E-state index contributed by atoms with van der Waals surface area (Å²) in [5.74, 6) is 0.366. The van der Waals surface area contributed by atoms with Gasteiger partial charge in [0.05, 0.1) is 34.8 Å². The lowest BCUT2D eigenvalue weighted by Gasteiger charge is -2.12. The molecule has 6 heteroatoms. The van der Waals surface area contributed by atoms with Crippen LogP contribution in [0.3, 0.4) is 0 Å². The number of nitrogens with zero attached hydrogens (tertiary/aromatic N) is 3. The molecule has 4 aromatic rings. The average Bonchev–Trinajstić information content (AvgIpc) is 3.17. The van der Waals surface area contributed by atoms with Gasteiger partial charge in [-0.25, -0.2) is 9.78 Å². The highest BCUT2D eigenvalue weighted by Gasteiger charge is 2.19. The SMILES string of the molecule is CCOC(=O)c1cccc2nc(COC)n(Cc3ccc(-c4ccccc4C#N)cc3)c12. The number of methoxy groups -OCH3 is 1. The van der Waals surface area contributed by atoms with E-state index in [1.165, 1.54) is 0 Å². The van der Waals surface area contributed by atoms with E-state index in [0.717, 1.165) is 33.5 Å². The molecule has 0 aliphatic rings. The molecule has 0 fully saturated rings. The van der Waals surface area contributed by atoms with E-state index in [2.05, 4.69) is 11.1 Å². The van der Waals surface area contributed by atoms with Gasteiger partial charge in [0.15, 0.2) is 0 Å². The first-order valence-corrected chi connectivity index (χ1v) is 10.4. The molecule has 0 saturated heterocycles. The Hall–Kier alpha value is -3.95. The Bertz CT molecular complexity index is 1300. The molecule has 32 heavy (non-hydrogen) atoms. The number of fused-ring (bicyclic) bond motifs is 1. The summed E-state index contributed by atoms with van der Waals surface area (Å²) >= 11 is 0. The molecule has 0 spiro atoms. The van der Waals surface area contributed by atoms with Crippen LogP contribution in [-0.4, -0.2) is 29.2 Å². The molecule has 0 atom stereocenters. The molecule has 6 nitrogen and oxygen atoms in total. The van der Waals surface area contributed by atoms with Gasteiger partial charge < -0.3 is 14.0 Å².